The van der Waals surface area contributed by atoms with Crippen LogP contribution >= 0.6 is 0 Å². The van der Waals surface area contributed by atoms with Crippen molar-refractivity contribution in [1.82, 2.24) is 4.90 Å². The maximum absolute atomic E-state index is 11.7. The number of hydrogen-bond donors (Lipinski definition) is 0. The highest BCUT2D eigenvalue weighted by atomic mass is 16.6. The van der Waals surface area contributed by atoms with E-state index in [1.807, 2.05) is 31.3 Å². The predicted octanol–water partition coefficient (Wildman–Crippen LogP) is 3.65. The number of carbonyl (C=O) groups excluding carboxylic acids is 1. The smallest absolute Gasteiger partial charge is 0.303 e. The van der Waals surface area contributed by atoms with Crippen molar-refractivity contribution >= 4 is 5.97 Å². The van der Waals surface area contributed by atoms with Gasteiger partial charge in [0.1, 0.15) is 6.10 Å². The molecule has 2 unspecified atom stereocenters. The Bertz CT molecular complexity index is 957. The molecule has 0 aliphatic carbocycles. The van der Waals surface area contributed by atoms with Gasteiger partial charge in [0.25, 0.3) is 0 Å². The number of ether oxygens (including phenoxy) is 5. The largest absolute Gasteiger partial charge is 0.493 e. The van der Waals surface area contributed by atoms with Crippen molar-refractivity contribution in [2.24, 2.45) is 0 Å². The van der Waals surface area contributed by atoms with E-state index in [4.69, 9.17) is 23.7 Å². The van der Waals surface area contributed by atoms with E-state index in [9.17, 15) is 4.79 Å². The van der Waals surface area contributed by atoms with Crippen LogP contribution in [0, 0.1) is 0 Å². The molecule has 2 aromatic carbocycles. The van der Waals surface area contributed by atoms with Gasteiger partial charge < -0.3 is 23.7 Å². The maximum atomic E-state index is 11.7. The summed E-state index contributed by atoms with van der Waals surface area (Å²) >= 11 is 0. The van der Waals surface area contributed by atoms with Crippen molar-refractivity contribution in [2.75, 3.05) is 34.9 Å². The number of hydrogen-bond acceptors (Lipinski definition) is 7. The van der Waals surface area contributed by atoms with E-state index in [-0.39, 0.29) is 18.1 Å². The predicted molar refractivity (Wildman–Crippen MR) is 106 cm³/mol. The Kier molecular flexibility index (Phi) is 5.00. The van der Waals surface area contributed by atoms with Gasteiger partial charge in [-0.2, -0.15) is 0 Å². The summed E-state index contributed by atoms with van der Waals surface area (Å²) in [5, 5.41) is 0. The molecular formula is C22H25NO6. The molecule has 0 amide bonds. The van der Waals surface area contributed by atoms with E-state index < -0.39 is 0 Å². The van der Waals surface area contributed by atoms with Crippen LogP contribution in [0.4, 0.5) is 0 Å². The van der Waals surface area contributed by atoms with E-state index >= 15 is 0 Å². The maximum Gasteiger partial charge on any atom is 0.303 e. The number of rotatable bonds is 4. The summed E-state index contributed by atoms with van der Waals surface area (Å²) in [7, 11) is 6.84. The van der Waals surface area contributed by atoms with Gasteiger partial charge >= 0.3 is 5.97 Å². The normalized spacial score (nSPS) is 19.9. The van der Waals surface area contributed by atoms with Crippen LogP contribution in [-0.2, 0) is 16.0 Å². The number of likely N-dealkylation sites (N-methyl/N-ethyl adjacent to an activating group) is 1. The number of methoxy groups -OCH3 is 3. The molecule has 0 aromatic heterocycles. The minimum atomic E-state index is -0.366. The van der Waals surface area contributed by atoms with Gasteiger partial charge in [-0.25, -0.2) is 0 Å². The van der Waals surface area contributed by atoms with Crippen molar-refractivity contribution in [2.45, 2.75) is 25.5 Å². The van der Waals surface area contributed by atoms with Crippen molar-refractivity contribution < 1.29 is 28.5 Å². The van der Waals surface area contributed by atoms with E-state index in [1.54, 1.807) is 21.3 Å². The summed E-state index contributed by atoms with van der Waals surface area (Å²) in [6.07, 6.45) is 0.348. The highest BCUT2D eigenvalue weighted by Gasteiger charge is 2.39. The topological polar surface area (TPSA) is 66.5 Å². The first kappa shape index (κ1) is 19.4. The monoisotopic (exact) mass is 399 g/mol. The summed E-state index contributed by atoms with van der Waals surface area (Å²) in [6.45, 7) is 2.03. The lowest BCUT2D eigenvalue weighted by Crippen LogP contribution is -2.37. The lowest BCUT2D eigenvalue weighted by molar-refractivity contribution is -0.148. The lowest BCUT2D eigenvalue weighted by Gasteiger charge is -2.38. The molecule has 2 atom stereocenters. The molecule has 0 saturated carbocycles. The molecule has 0 spiro atoms. The standard InChI is InChI=1S/C22H25NO6/c1-12(24)28-18-11-23(2)15-10-13-6-8-17(26-4)22(27-5)20(13)29-21-16(25-3)9-7-14(18)19(15)21/h6-9,15,18H,10-11H2,1-5H3. The number of nitrogens with zero attached hydrogens (tertiary/aromatic N) is 1. The van der Waals surface area contributed by atoms with E-state index in [2.05, 4.69) is 4.90 Å². The summed E-state index contributed by atoms with van der Waals surface area (Å²) < 4.78 is 28.7. The molecule has 2 aromatic rings. The van der Waals surface area contributed by atoms with Gasteiger partial charge in [0.15, 0.2) is 23.0 Å². The van der Waals surface area contributed by atoms with Crippen LogP contribution in [0.3, 0.4) is 0 Å². The Labute approximate surface area is 170 Å². The molecule has 7 nitrogen and oxygen atoms in total. The zero-order valence-electron chi connectivity index (χ0n) is 17.3. The summed E-state index contributed by atoms with van der Waals surface area (Å²) in [6, 6.07) is 7.74. The van der Waals surface area contributed by atoms with Crippen molar-refractivity contribution in [3.8, 4) is 28.7 Å². The molecule has 2 aliphatic heterocycles. The summed E-state index contributed by atoms with van der Waals surface area (Å²) in [4.78, 5) is 13.9. The van der Waals surface area contributed by atoms with Gasteiger partial charge in [0.05, 0.1) is 21.3 Å². The number of esters is 1. The van der Waals surface area contributed by atoms with Gasteiger partial charge in [-0.1, -0.05) is 12.1 Å². The summed E-state index contributed by atoms with van der Waals surface area (Å²) in [5.74, 6) is 2.68. The SMILES string of the molecule is COc1ccc2c(c1OC)Oc1c(OC)ccc3c1C(C2)N(C)CC3OC(C)=O. The van der Waals surface area contributed by atoms with Crippen LogP contribution in [0.25, 0.3) is 0 Å². The molecule has 0 saturated heterocycles. The first-order valence-electron chi connectivity index (χ1n) is 9.48. The van der Waals surface area contributed by atoms with Crippen LogP contribution in [0.2, 0.25) is 0 Å². The molecule has 2 aliphatic rings. The highest BCUT2D eigenvalue weighted by molar-refractivity contribution is 5.67. The quantitative estimate of drug-likeness (QED) is 0.727. The summed E-state index contributed by atoms with van der Waals surface area (Å²) in [5.41, 5.74) is 2.93. The highest BCUT2D eigenvalue weighted by Crippen LogP contribution is 2.54. The second kappa shape index (κ2) is 7.48. The third-order valence-electron chi connectivity index (χ3n) is 5.59. The van der Waals surface area contributed by atoms with Crippen LogP contribution in [-0.4, -0.2) is 45.8 Å². The Morgan fingerprint density at radius 2 is 1.76 bits per heavy atom. The zero-order chi connectivity index (χ0) is 20.7. The average molecular weight is 399 g/mol. The molecule has 2 heterocycles. The van der Waals surface area contributed by atoms with Crippen LogP contribution in [0.1, 0.15) is 35.8 Å². The van der Waals surface area contributed by atoms with E-state index in [0.717, 1.165) is 16.7 Å². The fourth-order valence-corrected chi connectivity index (χ4v) is 4.27. The van der Waals surface area contributed by atoms with Gasteiger partial charge in [-0.3, -0.25) is 9.69 Å². The number of carbonyl (C=O) groups is 1. The Hall–Kier alpha value is -2.93. The molecule has 154 valence electrons. The van der Waals surface area contributed by atoms with Crippen LogP contribution in [0.5, 0.6) is 28.7 Å². The molecule has 0 N–H and O–H groups in total. The average Bonchev–Trinajstić information content (AvgIpc) is 2.88. The van der Waals surface area contributed by atoms with Crippen molar-refractivity contribution in [1.29, 1.82) is 0 Å². The molecular weight excluding hydrogens is 374 g/mol. The fraction of sp³-hybridized carbons (Fsp3) is 0.409. The first-order chi connectivity index (χ1) is 14.0. The Morgan fingerprint density at radius 1 is 1.03 bits per heavy atom. The van der Waals surface area contributed by atoms with Gasteiger partial charge in [0, 0.05) is 36.2 Å². The number of benzene rings is 2. The molecule has 7 heteroatoms. The lowest BCUT2D eigenvalue weighted by atomic mass is 9.87. The Morgan fingerprint density at radius 3 is 2.41 bits per heavy atom. The van der Waals surface area contributed by atoms with Crippen molar-refractivity contribution in [3.63, 3.8) is 0 Å². The van der Waals surface area contributed by atoms with E-state index in [1.165, 1.54) is 6.92 Å². The zero-order valence-corrected chi connectivity index (χ0v) is 17.3. The molecule has 29 heavy (non-hydrogen) atoms. The fourth-order valence-electron chi connectivity index (χ4n) is 4.27. The van der Waals surface area contributed by atoms with Crippen molar-refractivity contribution in [3.05, 3.63) is 41.0 Å². The molecule has 0 radical (unpaired) electrons. The van der Waals surface area contributed by atoms with Gasteiger partial charge in [0.2, 0.25) is 5.75 Å². The minimum absolute atomic E-state index is 0.0428. The molecule has 4 rings (SSSR count). The van der Waals surface area contributed by atoms with Crippen LogP contribution in [0.15, 0.2) is 24.3 Å². The van der Waals surface area contributed by atoms with E-state index in [0.29, 0.717) is 41.7 Å². The first-order valence-corrected chi connectivity index (χ1v) is 9.48. The third kappa shape index (κ3) is 3.15. The minimum Gasteiger partial charge on any atom is -0.493 e. The van der Waals surface area contributed by atoms with Crippen LogP contribution < -0.4 is 18.9 Å². The molecule has 0 fully saturated rings. The third-order valence-corrected chi connectivity index (χ3v) is 5.59. The Balaban J connectivity index is 1.94. The van der Waals surface area contributed by atoms with Gasteiger partial charge in [-0.05, 0) is 25.6 Å². The van der Waals surface area contributed by atoms with Gasteiger partial charge in [-0.15, -0.1) is 0 Å². The number of fused-ring (bicyclic) bond motifs is 1. The molecule has 0 bridgehead atoms. The second-order valence-electron chi connectivity index (χ2n) is 7.25. The second-order valence-corrected chi connectivity index (χ2v) is 7.25.